The van der Waals surface area contributed by atoms with Crippen LogP contribution in [0.15, 0.2) is 0 Å². The zero-order valence-corrected chi connectivity index (χ0v) is 9.79. The monoisotopic (exact) mass is 215 g/mol. The van der Waals surface area contributed by atoms with E-state index < -0.39 is 0 Å². The molecule has 0 aromatic heterocycles. The second kappa shape index (κ2) is 6.08. The molecule has 1 aliphatic carbocycles. The zero-order chi connectivity index (χ0) is 11.3. The summed E-state index contributed by atoms with van der Waals surface area (Å²) in [7, 11) is 1.41. The highest BCUT2D eigenvalue weighted by molar-refractivity contribution is 5.75. The molecular formula is C11H21NO3. The molecule has 1 rings (SSSR count). The molecule has 1 N–H and O–H groups in total. The number of ether oxygens (including phenoxy) is 2. The molecule has 0 radical (unpaired) electrons. The van der Waals surface area contributed by atoms with Crippen LogP contribution < -0.4 is 5.32 Å². The average Bonchev–Trinajstić information content (AvgIpc) is 3.06. The lowest BCUT2D eigenvalue weighted by Crippen LogP contribution is -2.43. The largest absolute Gasteiger partial charge is 0.468 e. The molecule has 4 heteroatoms. The minimum atomic E-state index is -0.309. The van der Waals surface area contributed by atoms with Gasteiger partial charge in [-0.3, -0.25) is 10.1 Å². The Kier molecular flexibility index (Phi) is 5.05. The maximum absolute atomic E-state index is 11.4. The van der Waals surface area contributed by atoms with Crippen molar-refractivity contribution in [2.75, 3.05) is 13.7 Å². The Hall–Kier alpha value is -0.610. The molecule has 0 bridgehead atoms. The molecule has 0 saturated heterocycles. The average molecular weight is 215 g/mol. The molecule has 0 amide bonds. The van der Waals surface area contributed by atoms with Gasteiger partial charge in [0, 0.05) is 6.04 Å². The second-order valence-electron chi connectivity index (χ2n) is 4.07. The number of carbonyl (C=O) groups excluding carboxylic acids is 1. The van der Waals surface area contributed by atoms with E-state index in [2.05, 4.69) is 12.2 Å². The first-order valence-corrected chi connectivity index (χ1v) is 5.62. The molecule has 4 nitrogen and oxygen atoms in total. The summed E-state index contributed by atoms with van der Waals surface area (Å²) in [6.07, 6.45) is 3.45. The van der Waals surface area contributed by atoms with Crippen LogP contribution in [-0.2, 0) is 14.3 Å². The quantitative estimate of drug-likeness (QED) is 0.646. The summed E-state index contributed by atoms with van der Waals surface area (Å²) in [4.78, 5) is 11.4. The van der Waals surface area contributed by atoms with E-state index in [1.54, 1.807) is 0 Å². The number of methoxy groups -OCH3 is 1. The molecule has 15 heavy (non-hydrogen) atoms. The Morgan fingerprint density at radius 1 is 1.53 bits per heavy atom. The van der Waals surface area contributed by atoms with Crippen molar-refractivity contribution in [3.05, 3.63) is 0 Å². The lowest BCUT2D eigenvalue weighted by atomic mass is 10.3. The summed E-state index contributed by atoms with van der Waals surface area (Å²) < 4.78 is 10.3. The van der Waals surface area contributed by atoms with Gasteiger partial charge in [0.05, 0.1) is 19.8 Å². The zero-order valence-electron chi connectivity index (χ0n) is 9.79. The van der Waals surface area contributed by atoms with E-state index in [-0.39, 0.29) is 18.1 Å². The standard InChI is InChI=1S/C11H21NO3/c1-4-8(2)15-7-10(11(13)14-3)12-9-5-6-9/h8-10,12H,4-7H2,1-3H3. The minimum absolute atomic E-state index is 0.193. The summed E-state index contributed by atoms with van der Waals surface area (Å²) >= 11 is 0. The van der Waals surface area contributed by atoms with Crippen LogP contribution >= 0.6 is 0 Å². The molecule has 1 fully saturated rings. The molecule has 0 aliphatic heterocycles. The maximum atomic E-state index is 11.4. The Labute approximate surface area is 91.3 Å². The van der Waals surface area contributed by atoms with E-state index in [1.165, 1.54) is 7.11 Å². The van der Waals surface area contributed by atoms with Gasteiger partial charge in [0.1, 0.15) is 6.04 Å². The third kappa shape index (κ3) is 4.62. The number of rotatable bonds is 7. The summed E-state index contributed by atoms with van der Waals surface area (Å²) in [5, 5.41) is 3.22. The van der Waals surface area contributed by atoms with Gasteiger partial charge in [0.2, 0.25) is 0 Å². The van der Waals surface area contributed by atoms with Crippen molar-refractivity contribution in [2.45, 2.75) is 51.3 Å². The minimum Gasteiger partial charge on any atom is -0.468 e. The van der Waals surface area contributed by atoms with E-state index in [9.17, 15) is 4.79 Å². The summed E-state index contributed by atoms with van der Waals surface area (Å²) in [5.41, 5.74) is 0. The third-order valence-electron chi connectivity index (χ3n) is 2.62. The lowest BCUT2D eigenvalue weighted by Gasteiger charge is -2.18. The SMILES string of the molecule is CCC(C)OCC(NC1CC1)C(=O)OC. The van der Waals surface area contributed by atoms with Crippen molar-refractivity contribution in [2.24, 2.45) is 0 Å². The van der Waals surface area contributed by atoms with Crippen LogP contribution in [0.3, 0.4) is 0 Å². The predicted octanol–water partition coefficient (Wildman–Crippen LogP) is 1.10. The number of esters is 1. The normalized spacial score (nSPS) is 19.7. The highest BCUT2D eigenvalue weighted by atomic mass is 16.5. The fraction of sp³-hybridized carbons (Fsp3) is 0.909. The number of hydrogen-bond donors (Lipinski definition) is 1. The van der Waals surface area contributed by atoms with Gasteiger partial charge in [-0.25, -0.2) is 0 Å². The predicted molar refractivity (Wildman–Crippen MR) is 57.7 cm³/mol. The fourth-order valence-electron chi connectivity index (χ4n) is 1.24. The van der Waals surface area contributed by atoms with Crippen molar-refractivity contribution in [3.8, 4) is 0 Å². The van der Waals surface area contributed by atoms with Gasteiger partial charge in [-0.05, 0) is 26.2 Å². The van der Waals surface area contributed by atoms with E-state index in [0.29, 0.717) is 12.6 Å². The van der Waals surface area contributed by atoms with Gasteiger partial charge in [0.25, 0.3) is 0 Å². The summed E-state index contributed by atoms with van der Waals surface area (Å²) in [5.74, 6) is -0.231. The van der Waals surface area contributed by atoms with Gasteiger partial charge in [-0.1, -0.05) is 6.92 Å². The second-order valence-corrected chi connectivity index (χ2v) is 4.07. The first-order chi connectivity index (χ1) is 7.17. The first-order valence-electron chi connectivity index (χ1n) is 5.62. The molecule has 0 aromatic rings. The van der Waals surface area contributed by atoms with Crippen LogP contribution in [0.25, 0.3) is 0 Å². The number of carbonyl (C=O) groups is 1. The van der Waals surface area contributed by atoms with Gasteiger partial charge >= 0.3 is 5.97 Å². The van der Waals surface area contributed by atoms with Crippen molar-refractivity contribution < 1.29 is 14.3 Å². The van der Waals surface area contributed by atoms with E-state index >= 15 is 0 Å². The molecule has 0 spiro atoms. The smallest absolute Gasteiger partial charge is 0.325 e. The van der Waals surface area contributed by atoms with E-state index in [0.717, 1.165) is 19.3 Å². The Morgan fingerprint density at radius 2 is 2.20 bits per heavy atom. The summed E-state index contributed by atoms with van der Waals surface area (Å²) in [6, 6.07) is 0.172. The van der Waals surface area contributed by atoms with Crippen molar-refractivity contribution >= 4 is 5.97 Å². The van der Waals surface area contributed by atoms with Crippen LogP contribution in [0, 0.1) is 0 Å². The van der Waals surface area contributed by atoms with Gasteiger partial charge in [-0.2, -0.15) is 0 Å². The summed E-state index contributed by atoms with van der Waals surface area (Å²) in [6.45, 7) is 4.47. The first kappa shape index (κ1) is 12.5. The molecule has 2 atom stereocenters. The Morgan fingerprint density at radius 3 is 2.67 bits per heavy atom. The van der Waals surface area contributed by atoms with E-state index in [1.807, 2.05) is 6.92 Å². The molecular weight excluding hydrogens is 194 g/mol. The molecule has 1 aliphatic rings. The van der Waals surface area contributed by atoms with Gasteiger partial charge < -0.3 is 9.47 Å². The highest BCUT2D eigenvalue weighted by Crippen LogP contribution is 2.19. The van der Waals surface area contributed by atoms with E-state index in [4.69, 9.17) is 9.47 Å². The van der Waals surface area contributed by atoms with Crippen LogP contribution in [-0.4, -0.2) is 37.9 Å². The molecule has 1 saturated carbocycles. The van der Waals surface area contributed by atoms with Crippen molar-refractivity contribution in [1.29, 1.82) is 0 Å². The highest BCUT2D eigenvalue weighted by Gasteiger charge is 2.29. The molecule has 0 aromatic carbocycles. The van der Waals surface area contributed by atoms with Crippen molar-refractivity contribution in [1.82, 2.24) is 5.32 Å². The Balaban J connectivity index is 2.30. The topological polar surface area (TPSA) is 47.6 Å². The number of hydrogen-bond acceptors (Lipinski definition) is 4. The van der Waals surface area contributed by atoms with Gasteiger partial charge in [-0.15, -0.1) is 0 Å². The Bertz CT molecular complexity index is 204. The molecule has 88 valence electrons. The van der Waals surface area contributed by atoms with Gasteiger partial charge in [0.15, 0.2) is 0 Å². The molecule has 2 unspecified atom stereocenters. The van der Waals surface area contributed by atoms with Crippen LogP contribution in [0.5, 0.6) is 0 Å². The number of nitrogens with one attached hydrogen (secondary N) is 1. The third-order valence-corrected chi connectivity index (χ3v) is 2.62. The molecule has 0 heterocycles. The fourth-order valence-corrected chi connectivity index (χ4v) is 1.24. The van der Waals surface area contributed by atoms with Crippen LogP contribution in [0.4, 0.5) is 0 Å². The van der Waals surface area contributed by atoms with Crippen molar-refractivity contribution in [3.63, 3.8) is 0 Å². The maximum Gasteiger partial charge on any atom is 0.325 e. The van der Waals surface area contributed by atoms with Crippen LogP contribution in [0.1, 0.15) is 33.1 Å². The lowest BCUT2D eigenvalue weighted by molar-refractivity contribution is -0.145. The van der Waals surface area contributed by atoms with Crippen LogP contribution in [0.2, 0.25) is 0 Å².